The minimum Gasteiger partial charge on any atom is -0.351 e. The summed E-state index contributed by atoms with van der Waals surface area (Å²) in [4.78, 5) is 21.3. The second kappa shape index (κ2) is 7.30. The Morgan fingerprint density at radius 2 is 2.00 bits per heavy atom. The molecule has 0 radical (unpaired) electrons. The molecule has 5 nitrogen and oxygen atoms in total. The number of hydrogen-bond donors (Lipinski definition) is 3. The Balaban J connectivity index is 3.41. The quantitative estimate of drug-likeness (QED) is 0.468. The molecule has 0 heterocycles. The lowest BCUT2D eigenvalue weighted by molar-refractivity contribution is -0.124. The average Bonchev–Trinajstić information content (AvgIpc) is 2.09. The fraction of sp³-hybridized carbons (Fsp3) is 0.500. The Labute approximate surface area is 77.4 Å². The molecule has 2 amide bonds. The van der Waals surface area contributed by atoms with Crippen LogP contribution in [0.3, 0.4) is 0 Å². The van der Waals surface area contributed by atoms with Crippen LogP contribution in [0.2, 0.25) is 0 Å². The number of rotatable bonds is 5. The molecule has 74 valence electrons. The summed E-state index contributed by atoms with van der Waals surface area (Å²) < 4.78 is 0. The molecule has 0 fully saturated rings. The topological polar surface area (TPSA) is 84.2 Å². The fourth-order valence-electron chi connectivity index (χ4n) is 0.620. The van der Waals surface area contributed by atoms with E-state index in [1.165, 1.54) is 6.92 Å². The van der Waals surface area contributed by atoms with Gasteiger partial charge in [-0.2, -0.15) is 0 Å². The largest absolute Gasteiger partial charge is 0.351 e. The summed E-state index contributed by atoms with van der Waals surface area (Å²) in [5.74, 6) is -0.426. The number of carbonyl (C=O) groups excluding carboxylic acids is 2. The molecule has 5 heteroatoms. The minimum absolute atomic E-state index is 0.0196. The van der Waals surface area contributed by atoms with Crippen molar-refractivity contribution in [2.24, 2.45) is 5.73 Å². The molecule has 0 unspecified atom stereocenters. The van der Waals surface area contributed by atoms with Crippen molar-refractivity contribution in [3.8, 4) is 0 Å². The molecule has 0 aromatic carbocycles. The van der Waals surface area contributed by atoms with E-state index in [9.17, 15) is 9.59 Å². The van der Waals surface area contributed by atoms with E-state index >= 15 is 0 Å². The molecule has 0 aromatic heterocycles. The van der Waals surface area contributed by atoms with Gasteiger partial charge in [-0.05, 0) is 0 Å². The second-order valence-corrected chi connectivity index (χ2v) is 2.42. The summed E-state index contributed by atoms with van der Waals surface area (Å²) >= 11 is 0. The summed E-state index contributed by atoms with van der Waals surface area (Å²) in [6.07, 6.45) is 3.50. The minimum atomic E-state index is -0.215. The highest BCUT2D eigenvalue weighted by Gasteiger charge is 1.98. The predicted molar refractivity (Wildman–Crippen MR) is 49.9 cm³/mol. The van der Waals surface area contributed by atoms with Gasteiger partial charge in [-0.3, -0.25) is 9.59 Å². The van der Waals surface area contributed by atoms with E-state index in [2.05, 4.69) is 10.6 Å². The van der Waals surface area contributed by atoms with Crippen LogP contribution in [0.1, 0.15) is 6.92 Å². The molecule has 0 aliphatic carbocycles. The van der Waals surface area contributed by atoms with Crippen molar-refractivity contribution in [2.75, 3.05) is 19.6 Å². The van der Waals surface area contributed by atoms with Crippen LogP contribution in [-0.4, -0.2) is 31.4 Å². The molecule has 0 bridgehead atoms. The van der Waals surface area contributed by atoms with Crippen LogP contribution in [-0.2, 0) is 9.59 Å². The Bertz CT molecular complexity index is 202. The highest BCUT2D eigenvalue weighted by molar-refractivity contribution is 5.83. The summed E-state index contributed by atoms with van der Waals surface area (Å²) in [6, 6.07) is 0. The third kappa shape index (κ3) is 8.55. The molecule has 0 spiro atoms. The molecule has 0 saturated heterocycles. The Morgan fingerprint density at radius 3 is 2.54 bits per heavy atom. The molecule has 4 N–H and O–H groups in total. The first-order valence-electron chi connectivity index (χ1n) is 4.03. The van der Waals surface area contributed by atoms with Crippen molar-refractivity contribution in [1.29, 1.82) is 0 Å². The normalized spacial score (nSPS) is 10.0. The van der Waals surface area contributed by atoms with Gasteiger partial charge in [0.1, 0.15) is 0 Å². The number of amides is 2. The van der Waals surface area contributed by atoms with Crippen LogP contribution in [0.15, 0.2) is 12.2 Å². The van der Waals surface area contributed by atoms with Gasteiger partial charge in [0.05, 0.1) is 6.54 Å². The number of nitrogens with two attached hydrogens (primary N) is 1. The van der Waals surface area contributed by atoms with E-state index in [0.717, 1.165) is 0 Å². The summed E-state index contributed by atoms with van der Waals surface area (Å²) in [6.45, 7) is 2.28. The zero-order chi connectivity index (χ0) is 10.1. The zero-order valence-electron chi connectivity index (χ0n) is 7.67. The van der Waals surface area contributed by atoms with Gasteiger partial charge >= 0.3 is 0 Å². The van der Waals surface area contributed by atoms with E-state index in [-0.39, 0.29) is 18.4 Å². The fourth-order valence-corrected chi connectivity index (χ4v) is 0.620. The lowest BCUT2D eigenvalue weighted by atomic mass is 10.4. The van der Waals surface area contributed by atoms with Gasteiger partial charge in [0.2, 0.25) is 11.8 Å². The van der Waals surface area contributed by atoms with Crippen molar-refractivity contribution in [2.45, 2.75) is 6.92 Å². The summed E-state index contributed by atoms with van der Waals surface area (Å²) in [5, 5.41) is 4.96. The molecule has 0 rings (SSSR count). The maximum atomic E-state index is 10.9. The number of carbonyl (C=O) groups is 2. The molecule has 0 aliphatic rings. The summed E-state index contributed by atoms with van der Waals surface area (Å²) in [7, 11) is 0. The first-order valence-corrected chi connectivity index (χ1v) is 4.03. The maximum absolute atomic E-state index is 10.9. The predicted octanol–water partition coefficient (Wildman–Crippen LogP) is -1.25. The van der Waals surface area contributed by atoms with Gasteiger partial charge in [-0.25, -0.2) is 0 Å². The molecule has 0 aliphatic heterocycles. The molecular formula is C8H15N3O2. The van der Waals surface area contributed by atoms with Crippen molar-refractivity contribution >= 4 is 11.8 Å². The number of hydrogen-bond acceptors (Lipinski definition) is 3. The first-order chi connectivity index (χ1) is 6.16. The van der Waals surface area contributed by atoms with Crippen molar-refractivity contribution < 1.29 is 9.59 Å². The van der Waals surface area contributed by atoms with E-state index < -0.39 is 0 Å². The third-order valence-corrected chi connectivity index (χ3v) is 1.22. The van der Waals surface area contributed by atoms with Crippen LogP contribution >= 0.6 is 0 Å². The van der Waals surface area contributed by atoms with Gasteiger partial charge in [0.25, 0.3) is 0 Å². The van der Waals surface area contributed by atoms with E-state index in [1.807, 2.05) is 0 Å². The first kappa shape index (κ1) is 11.6. The van der Waals surface area contributed by atoms with Crippen LogP contribution in [0.4, 0.5) is 0 Å². The maximum Gasteiger partial charge on any atom is 0.239 e. The van der Waals surface area contributed by atoms with Gasteiger partial charge in [0, 0.05) is 20.0 Å². The monoisotopic (exact) mass is 185 g/mol. The van der Waals surface area contributed by atoms with Crippen molar-refractivity contribution in [3.05, 3.63) is 12.2 Å². The molecular weight excluding hydrogens is 170 g/mol. The average molecular weight is 185 g/mol. The summed E-state index contributed by atoms with van der Waals surface area (Å²) in [5.41, 5.74) is 5.19. The molecule has 0 atom stereocenters. The molecule has 13 heavy (non-hydrogen) atoms. The van der Waals surface area contributed by atoms with E-state index in [0.29, 0.717) is 13.1 Å². The molecule has 0 aromatic rings. The van der Waals surface area contributed by atoms with Crippen molar-refractivity contribution in [1.82, 2.24) is 10.6 Å². The van der Waals surface area contributed by atoms with E-state index in [4.69, 9.17) is 5.73 Å². The Hall–Kier alpha value is -1.36. The smallest absolute Gasteiger partial charge is 0.239 e. The Kier molecular flexibility index (Phi) is 6.53. The van der Waals surface area contributed by atoms with Crippen LogP contribution in [0, 0.1) is 0 Å². The second-order valence-electron chi connectivity index (χ2n) is 2.42. The van der Waals surface area contributed by atoms with Gasteiger partial charge < -0.3 is 16.4 Å². The lowest BCUT2D eigenvalue weighted by Gasteiger charge is -2.01. The highest BCUT2D eigenvalue weighted by Crippen LogP contribution is 1.69. The van der Waals surface area contributed by atoms with Crippen LogP contribution in [0.5, 0.6) is 0 Å². The van der Waals surface area contributed by atoms with Gasteiger partial charge in [0.15, 0.2) is 0 Å². The lowest BCUT2D eigenvalue weighted by Crippen LogP contribution is -2.35. The Morgan fingerprint density at radius 1 is 1.31 bits per heavy atom. The van der Waals surface area contributed by atoms with Gasteiger partial charge in [-0.1, -0.05) is 12.2 Å². The standard InChI is InChI=1S/C8H15N3O2/c1-7(12)11-6-8(13)10-5-3-2-4-9/h2-3H,4-6,9H2,1H3,(H,10,13)(H,11,12)/b3-2+. The highest BCUT2D eigenvalue weighted by atomic mass is 16.2. The van der Waals surface area contributed by atoms with Crippen molar-refractivity contribution in [3.63, 3.8) is 0 Å². The van der Waals surface area contributed by atoms with Crippen LogP contribution < -0.4 is 16.4 Å². The zero-order valence-corrected chi connectivity index (χ0v) is 7.67. The number of nitrogens with one attached hydrogen (secondary N) is 2. The molecule has 0 saturated carbocycles. The van der Waals surface area contributed by atoms with Gasteiger partial charge in [-0.15, -0.1) is 0 Å². The van der Waals surface area contributed by atoms with Crippen LogP contribution in [0.25, 0.3) is 0 Å². The third-order valence-electron chi connectivity index (χ3n) is 1.22. The SMILES string of the molecule is CC(=O)NCC(=O)NC/C=C/CN. The van der Waals surface area contributed by atoms with E-state index in [1.54, 1.807) is 12.2 Å².